The number of nitrogens with zero attached hydrogens (tertiary/aromatic N) is 5. The summed E-state index contributed by atoms with van der Waals surface area (Å²) in [4.78, 5) is 22.4. The van der Waals surface area contributed by atoms with Crippen LogP contribution in [0.25, 0.3) is 0 Å². The first-order valence-electron chi connectivity index (χ1n) is 6.38. The Morgan fingerprint density at radius 2 is 2.19 bits per heavy atom. The highest BCUT2D eigenvalue weighted by Gasteiger charge is 2.17. The van der Waals surface area contributed by atoms with Crippen LogP contribution in [-0.2, 0) is 6.54 Å². The molecule has 2 aromatic heterocycles. The molecule has 2 rings (SSSR count). The minimum atomic E-state index is -0.551. The van der Waals surface area contributed by atoms with Crippen LogP contribution in [0.4, 0.5) is 17.5 Å². The van der Waals surface area contributed by atoms with Gasteiger partial charge in [0.2, 0.25) is 17.7 Å². The second-order valence-corrected chi connectivity index (χ2v) is 4.20. The molecule has 0 saturated carbocycles. The number of hydrogen-bond donors (Lipinski definition) is 2. The van der Waals surface area contributed by atoms with Crippen molar-refractivity contribution < 1.29 is 9.45 Å². The van der Waals surface area contributed by atoms with Crippen LogP contribution in [0.5, 0.6) is 0 Å². The van der Waals surface area contributed by atoms with Gasteiger partial charge in [0.15, 0.2) is 5.82 Å². The molecule has 0 radical (unpaired) electrons. The minimum absolute atomic E-state index is 0.101. The number of nitro groups is 1. The Labute approximate surface area is 120 Å². The van der Waals surface area contributed by atoms with Crippen molar-refractivity contribution >= 4 is 17.5 Å². The van der Waals surface area contributed by atoms with Gasteiger partial charge in [-0.2, -0.15) is 9.97 Å². The topological polar surface area (TPSA) is 132 Å². The monoisotopic (exact) mass is 293 g/mol. The van der Waals surface area contributed by atoms with Crippen molar-refractivity contribution in [2.24, 2.45) is 0 Å². The van der Waals surface area contributed by atoms with Crippen LogP contribution in [0.1, 0.15) is 25.1 Å². The maximum atomic E-state index is 11.0. The van der Waals surface area contributed by atoms with Crippen molar-refractivity contribution in [2.75, 3.05) is 17.2 Å². The first-order valence-corrected chi connectivity index (χ1v) is 6.38. The van der Waals surface area contributed by atoms with E-state index in [1.807, 2.05) is 6.92 Å². The highest BCUT2D eigenvalue weighted by Crippen LogP contribution is 2.22. The van der Waals surface area contributed by atoms with Gasteiger partial charge in [0.25, 0.3) is 0 Å². The van der Waals surface area contributed by atoms with Crippen LogP contribution >= 0.6 is 0 Å². The maximum Gasteiger partial charge on any atom is 0.329 e. The van der Waals surface area contributed by atoms with Crippen molar-refractivity contribution in [1.29, 1.82) is 0 Å². The Balaban J connectivity index is 2.15. The molecule has 2 heterocycles. The molecule has 0 aliphatic carbocycles. The number of aryl methyl sites for hydroxylation is 1. The number of anilines is 2. The summed E-state index contributed by atoms with van der Waals surface area (Å²) in [5, 5.41) is 20.4. The predicted molar refractivity (Wildman–Crippen MR) is 73.8 cm³/mol. The van der Waals surface area contributed by atoms with Crippen LogP contribution in [-0.4, -0.2) is 31.6 Å². The van der Waals surface area contributed by atoms with E-state index in [-0.39, 0.29) is 18.1 Å². The van der Waals surface area contributed by atoms with Gasteiger partial charge in [-0.1, -0.05) is 12.1 Å². The summed E-state index contributed by atoms with van der Waals surface area (Å²) in [6.07, 6.45) is 2.05. The van der Waals surface area contributed by atoms with E-state index in [9.17, 15) is 10.1 Å². The van der Waals surface area contributed by atoms with Crippen LogP contribution in [0.15, 0.2) is 10.7 Å². The minimum Gasteiger partial charge on any atom is -0.355 e. The Kier molecular flexibility index (Phi) is 4.59. The van der Waals surface area contributed by atoms with E-state index in [0.29, 0.717) is 24.2 Å². The predicted octanol–water partition coefficient (Wildman–Crippen LogP) is 1.51. The Bertz CT molecular complexity index is 628. The van der Waals surface area contributed by atoms with E-state index in [0.717, 1.165) is 12.6 Å². The molecule has 0 fully saturated rings. The zero-order valence-corrected chi connectivity index (χ0v) is 11.7. The Hall–Kier alpha value is -2.78. The summed E-state index contributed by atoms with van der Waals surface area (Å²) in [6.45, 7) is 4.51. The summed E-state index contributed by atoms with van der Waals surface area (Å²) in [5.74, 6) is 1.24. The third kappa shape index (κ3) is 3.84. The lowest BCUT2D eigenvalue weighted by molar-refractivity contribution is -0.384. The van der Waals surface area contributed by atoms with Gasteiger partial charge >= 0.3 is 5.69 Å². The fraction of sp³-hybridized carbons (Fsp3) is 0.455. The van der Waals surface area contributed by atoms with E-state index < -0.39 is 4.92 Å². The summed E-state index contributed by atoms with van der Waals surface area (Å²) in [6, 6.07) is 0. The van der Waals surface area contributed by atoms with Crippen LogP contribution < -0.4 is 10.6 Å². The van der Waals surface area contributed by atoms with E-state index in [1.54, 1.807) is 6.92 Å². The molecule has 0 aliphatic heterocycles. The van der Waals surface area contributed by atoms with Gasteiger partial charge in [-0.3, -0.25) is 10.1 Å². The number of rotatable bonds is 7. The summed E-state index contributed by atoms with van der Waals surface area (Å²) < 4.78 is 4.93. The first kappa shape index (κ1) is 14.6. The van der Waals surface area contributed by atoms with Crippen molar-refractivity contribution in [1.82, 2.24) is 20.1 Å². The van der Waals surface area contributed by atoms with Crippen molar-refractivity contribution in [2.45, 2.75) is 26.8 Å². The van der Waals surface area contributed by atoms with Gasteiger partial charge < -0.3 is 15.2 Å². The number of nitrogens with one attached hydrogen (secondary N) is 2. The largest absolute Gasteiger partial charge is 0.355 e. The Morgan fingerprint density at radius 1 is 1.38 bits per heavy atom. The van der Waals surface area contributed by atoms with Crippen LogP contribution in [0.3, 0.4) is 0 Å². The smallest absolute Gasteiger partial charge is 0.329 e. The molecule has 112 valence electrons. The van der Waals surface area contributed by atoms with E-state index in [2.05, 4.69) is 30.7 Å². The zero-order chi connectivity index (χ0) is 15.2. The van der Waals surface area contributed by atoms with Crippen molar-refractivity contribution in [3.8, 4) is 0 Å². The molecule has 0 aliphatic rings. The molecule has 21 heavy (non-hydrogen) atoms. The molecule has 0 saturated heterocycles. The third-order valence-corrected chi connectivity index (χ3v) is 2.48. The van der Waals surface area contributed by atoms with Crippen LogP contribution in [0, 0.1) is 17.0 Å². The van der Waals surface area contributed by atoms with Gasteiger partial charge in [-0.15, -0.1) is 0 Å². The second-order valence-electron chi connectivity index (χ2n) is 4.20. The second kappa shape index (κ2) is 6.59. The fourth-order valence-corrected chi connectivity index (χ4v) is 1.53. The molecule has 0 bridgehead atoms. The Morgan fingerprint density at radius 3 is 2.81 bits per heavy atom. The van der Waals surface area contributed by atoms with E-state index in [4.69, 9.17) is 4.52 Å². The average molecular weight is 293 g/mol. The van der Waals surface area contributed by atoms with Crippen molar-refractivity contribution in [3.63, 3.8) is 0 Å². The van der Waals surface area contributed by atoms with Gasteiger partial charge in [-0.25, -0.2) is 4.98 Å². The molecule has 10 heteroatoms. The summed E-state index contributed by atoms with van der Waals surface area (Å²) in [5.41, 5.74) is -0.215. The molecule has 0 spiro atoms. The van der Waals surface area contributed by atoms with Gasteiger partial charge in [-0.05, 0) is 13.3 Å². The molecule has 2 N–H and O–H groups in total. The lowest BCUT2D eigenvalue weighted by Crippen LogP contribution is -2.10. The zero-order valence-electron chi connectivity index (χ0n) is 11.7. The highest BCUT2D eigenvalue weighted by atomic mass is 16.6. The number of aromatic nitrogens is 4. The summed E-state index contributed by atoms with van der Waals surface area (Å²) >= 11 is 0. The first-order chi connectivity index (χ1) is 10.1. The maximum absolute atomic E-state index is 11.0. The molecule has 0 amide bonds. The van der Waals surface area contributed by atoms with E-state index in [1.165, 1.54) is 0 Å². The van der Waals surface area contributed by atoms with Gasteiger partial charge in [0.1, 0.15) is 6.20 Å². The molecule has 2 aromatic rings. The lowest BCUT2D eigenvalue weighted by Gasteiger charge is -2.07. The fourth-order valence-electron chi connectivity index (χ4n) is 1.53. The summed E-state index contributed by atoms with van der Waals surface area (Å²) in [7, 11) is 0. The normalized spacial score (nSPS) is 10.4. The average Bonchev–Trinajstić information content (AvgIpc) is 2.88. The lowest BCUT2D eigenvalue weighted by atomic mass is 10.4. The highest BCUT2D eigenvalue weighted by molar-refractivity contribution is 5.56. The third-order valence-electron chi connectivity index (χ3n) is 2.48. The van der Waals surface area contributed by atoms with Crippen molar-refractivity contribution in [3.05, 3.63) is 28.0 Å². The molecular weight excluding hydrogens is 278 g/mol. The van der Waals surface area contributed by atoms with E-state index >= 15 is 0 Å². The molecule has 0 atom stereocenters. The molecule has 10 nitrogen and oxygen atoms in total. The molecular formula is C11H15N7O3. The van der Waals surface area contributed by atoms with Crippen LogP contribution in [0.2, 0.25) is 0 Å². The molecule has 0 unspecified atom stereocenters. The quantitative estimate of drug-likeness (QED) is 0.575. The van der Waals surface area contributed by atoms with Gasteiger partial charge in [0, 0.05) is 6.54 Å². The van der Waals surface area contributed by atoms with Gasteiger partial charge in [0.05, 0.1) is 11.5 Å². The SMILES string of the molecule is CCCNc1ncc([N+](=O)[O-])c(NCc2nc(C)no2)n1. The standard InChI is InChI=1S/C11H15N7O3/c1-3-4-12-11-14-5-8(18(19)20)10(16-11)13-6-9-15-7(2)17-21-9/h5H,3-4,6H2,1-2H3,(H2,12,13,14,16). The number of hydrogen-bond acceptors (Lipinski definition) is 9. The molecule has 0 aromatic carbocycles.